The molecule has 1 aliphatic carbocycles. The van der Waals surface area contributed by atoms with Gasteiger partial charge in [0.25, 0.3) is 0 Å². The fourth-order valence-electron chi connectivity index (χ4n) is 4.79. The number of ether oxygens (including phenoxy) is 2. The van der Waals surface area contributed by atoms with Crippen LogP contribution in [0.4, 0.5) is 4.79 Å². The maximum absolute atomic E-state index is 12.9. The summed E-state index contributed by atoms with van der Waals surface area (Å²) in [5, 5.41) is 3.27. The highest BCUT2D eigenvalue weighted by atomic mass is 16.6. The summed E-state index contributed by atoms with van der Waals surface area (Å²) >= 11 is 0. The molecule has 172 valence electrons. The average molecular weight is 431 g/mol. The minimum atomic E-state index is -0.256. The third-order valence-corrected chi connectivity index (χ3v) is 6.78. The topological polar surface area (TPSA) is 67.9 Å². The second-order valence-corrected chi connectivity index (χ2v) is 9.52. The van der Waals surface area contributed by atoms with E-state index in [9.17, 15) is 9.59 Å². The minimum absolute atomic E-state index is 0.00152. The molecular formula is C25H38N2O4. The van der Waals surface area contributed by atoms with Gasteiger partial charge >= 0.3 is 6.09 Å². The monoisotopic (exact) mass is 430 g/mol. The molecule has 0 aromatic heterocycles. The fraction of sp³-hybridized carbons (Fsp3) is 0.680. The Morgan fingerprint density at radius 2 is 1.74 bits per heavy atom. The lowest BCUT2D eigenvalue weighted by Gasteiger charge is -2.39. The van der Waals surface area contributed by atoms with Gasteiger partial charge in [0.15, 0.2) is 0 Å². The van der Waals surface area contributed by atoms with E-state index in [2.05, 4.69) is 17.4 Å². The van der Waals surface area contributed by atoms with E-state index in [4.69, 9.17) is 9.47 Å². The zero-order chi connectivity index (χ0) is 22.3. The highest BCUT2D eigenvalue weighted by Gasteiger charge is 2.35. The molecule has 1 aromatic carbocycles. The molecule has 1 heterocycles. The molecule has 1 saturated heterocycles. The van der Waals surface area contributed by atoms with E-state index in [1.54, 1.807) is 12.0 Å². The third kappa shape index (κ3) is 6.14. The number of carbonyl (C=O) groups is 2. The standard InChI is InChI=1S/C25H38N2O4/c1-19(2)17-31-24(29)27-15-11-20(12-16-27)23(28)26-18-25(13-5-4-6-14-25)21-7-9-22(30-3)10-8-21/h7-10,19-20H,4-6,11-18H2,1-3H3,(H,26,28). The Hall–Kier alpha value is -2.24. The molecule has 0 atom stereocenters. The van der Waals surface area contributed by atoms with Gasteiger partial charge in [-0.3, -0.25) is 4.79 Å². The number of methoxy groups -OCH3 is 1. The molecule has 2 fully saturated rings. The number of carbonyl (C=O) groups excluding carboxylic acids is 2. The van der Waals surface area contributed by atoms with Crippen LogP contribution >= 0.6 is 0 Å². The lowest BCUT2D eigenvalue weighted by molar-refractivity contribution is -0.126. The summed E-state index contributed by atoms with van der Waals surface area (Å²) in [6, 6.07) is 8.33. The molecule has 0 bridgehead atoms. The molecule has 2 aliphatic rings. The normalized spacial score (nSPS) is 19.2. The Balaban J connectivity index is 1.54. The van der Waals surface area contributed by atoms with Gasteiger partial charge in [-0.2, -0.15) is 0 Å². The number of hydrogen-bond acceptors (Lipinski definition) is 4. The molecular weight excluding hydrogens is 392 g/mol. The zero-order valence-electron chi connectivity index (χ0n) is 19.3. The largest absolute Gasteiger partial charge is 0.497 e. The van der Waals surface area contributed by atoms with Crippen LogP contribution < -0.4 is 10.1 Å². The van der Waals surface area contributed by atoms with E-state index in [1.165, 1.54) is 24.8 Å². The summed E-state index contributed by atoms with van der Waals surface area (Å²) < 4.78 is 10.6. The maximum Gasteiger partial charge on any atom is 0.409 e. The number of likely N-dealkylation sites (tertiary alicyclic amines) is 1. The van der Waals surface area contributed by atoms with Crippen molar-refractivity contribution in [3.8, 4) is 5.75 Å². The predicted molar refractivity (Wildman–Crippen MR) is 121 cm³/mol. The van der Waals surface area contributed by atoms with Gasteiger partial charge in [-0.05, 0) is 49.3 Å². The van der Waals surface area contributed by atoms with Crippen molar-refractivity contribution in [2.75, 3.05) is 33.4 Å². The van der Waals surface area contributed by atoms with Crippen molar-refractivity contribution in [1.82, 2.24) is 10.2 Å². The first-order chi connectivity index (χ1) is 14.9. The number of nitrogens with zero attached hydrogens (tertiary/aromatic N) is 1. The molecule has 0 unspecified atom stereocenters. The van der Waals surface area contributed by atoms with Crippen LogP contribution in [0.25, 0.3) is 0 Å². The minimum Gasteiger partial charge on any atom is -0.497 e. The van der Waals surface area contributed by atoms with Gasteiger partial charge in [0.05, 0.1) is 13.7 Å². The SMILES string of the molecule is COc1ccc(C2(CNC(=O)C3CCN(C(=O)OCC(C)C)CC3)CCCCC2)cc1. The summed E-state index contributed by atoms with van der Waals surface area (Å²) in [5.41, 5.74) is 1.29. The highest BCUT2D eigenvalue weighted by molar-refractivity contribution is 5.79. The van der Waals surface area contributed by atoms with E-state index in [0.717, 1.165) is 18.6 Å². The van der Waals surface area contributed by atoms with Crippen LogP contribution in [-0.2, 0) is 14.9 Å². The van der Waals surface area contributed by atoms with Crippen molar-refractivity contribution in [3.05, 3.63) is 29.8 Å². The van der Waals surface area contributed by atoms with Crippen molar-refractivity contribution in [3.63, 3.8) is 0 Å². The first-order valence-electron chi connectivity index (χ1n) is 11.8. The summed E-state index contributed by atoms with van der Waals surface area (Å²) in [7, 11) is 1.68. The van der Waals surface area contributed by atoms with Gasteiger partial charge in [-0.15, -0.1) is 0 Å². The molecule has 6 heteroatoms. The average Bonchev–Trinajstić information content (AvgIpc) is 2.81. The van der Waals surface area contributed by atoms with Gasteiger partial charge in [0.2, 0.25) is 5.91 Å². The first kappa shape index (κ1) is 23.4. The van der Waals surface area contributed by atoms with Crippen molar-refractivity contribution in [2.24, 2.45) is 11.8 Å². The first-order valence-corrected chi connectivity index (χ1v) is 11.8. The highest BCUT2D eigenvalue weighted by Crippen LogP contribution is 2.39. The number of amides is 2. The van der Waals surface area contributed by atoms with Gasteiger partial charge < -0.3 is 19.7 Å². The summed E-state index contributed by atoms with van der Waals surface area (Å²) in [4.78, 5) is 26.8. The fourth-order valence-corrected chi connectivity index (χ4v) is 4.79. The quantitative estimate of drug-likeness (QED) is 0.691. The van der Waals surface area contributed by atoms with Crippen molar-refractivity contribution >= 4 is 12.0 Å². The number of piperidine rings is 1. The summed E-state index contributed by atoms with van der Waals surface area (Å²) in [5.74, 6) is 1.27. The van der Waals surface area contributed by atoms with Crippen LogP contribution in [0.2, 0.25) is 0 Å². The molecule has 0 spiro atoms. The molecule has 31 heavy (non-hydrogen) atoms. The smallest absolute Gasteiger partial charge is 0.409 e. The van der Waals surface area contributed by atoms with Crippen molar-refractivity contribution < 1.29 is 19.1 Å². The number of nitrogens with one attached hydrogen (secondary N) is 1. The lowest BCUT2D eigenvalue weighted by atomic mass is 9.69. The van der Waals surface area contributed by atoms with Crippen LogP contribution in [0, 0.1) is 11.8 Å². The molecule has 0 radical (unpaired) electrons. The Morgan fingerprint density at radius 3 is 2.32 bits per heavy atom. The van der Waals surface area contributed by atoms with Crippen LogP contribution in [-0.4, -0.2) is 50.3 Å². The van der Waals surface area contributed by atoms with Crippen LogP contribution in [0.15, 0.2) is 24.3 Å². The van der Waals surface area contributed by atoms with Crippen molar-refractivity contribution in [2.45, 2.75) is 64.2 Å². The Labute approximate surface area is 186 Å². The molecule has 1 saturated carbocycles. The molecule has 1 aromatic rings. The number of benzene rings is 1. The molecule has 3 rings (SSSR count). The van der Waals surface area contributed by atoms with Gasteiger partial charge in [-0.1, -0.05) is 45.2 Å². The van der Waals surface area contributed by atoms with Crippen LogP contribution in [0.1, 0.15) is 64.4 Å². The third-order valence-electron chi connectivity index (χ3n) is 6.78. The van der Waals surface area contributed by atoms with Gasteiger partial charge in [-0.25, -0.2) is 4.79 Å². The van der Waals surface area contributed by atoms with E-state index in [1.807, 2.05) is 26.0 Å². The zero-order valence-corrected chi connectivity index (χ0v) is 19.3. The van der Waals surface area contributed by atoms with Crippen LogP contribution in [0.5, 0.6) is 5.75 Å². The Bertz CT molecular complexity index is 718. The Morgan fingerprint density at radius 1 is 1.10 bits per heavy atom. The second kappa shape index (κ2) is 10.9. The number of hydrogen-bond donors (Lipinski definition) is 1. The lowest BCUT2D eigenvalue weighted by Crippen LogP contribution is -2.47. The summed E-state index contributed by atoms with van der Waals surface area (Å²) in [6.07, 6.45) is 6.97. The van der Waals surface area contributed by atoms with Gasteiger partial charge in [0.1, 0.15) is 5.75 Å². The predicted octanol–water partition coefficient (Wildman–Crippen LogP) is 4.52. The summed E-state index contributed by atoms with van der Waals surface area (Å²) in [6.45, 7) is 6.32. The molecule has 1 N–H and O–H groups in total. The van der Waals surface area contributed by atoms with Gasteiger partial charge in [0, 0.05) is 31.0 Å². The van der Waals surface area contributed by atoms with E-state index in [0.29, 0.717) is 45.0 Å². The molecule has 1 aliphatic heterocycles. The molecule has 6 nitrogen and oxygen atoms in total. The van der Waals surface area contributed by atoms with E-state index < -0.39 is 0 Å². The van der Waals surface area contributed by atoms with Crippen LogP contribution in [0.3, 0.4) is 0 Å². The van der Waals surface area contributed by atoms with E-state index in [-0.39, 0.29) is 23.3 Å². The number of rotatable bonds is 7. The van der Waals surface area contributed by atoms with Crippen molar-refractivity contribution in [1.29, 1.82) is 0 Å². The Kier molecular flexibility index (Phi) is 8.22. The van der Waals surface area contributed by atoms with E-state index >= 15 is 0 Å². The second-order valence-electron chi connectivity index (χ2n) is 9.52. The molecule has 2 amide bonds. The maximum atomic E-state index is 12.9.